The third kappa shape index (κ3) is 5.10. The minimum atomic E-state index is -2.50. The molecule has 0 fully saturated rings. The summed E-state index contributed by atoms with van der Waals surface area (Å²) in [4.78, 5) is 24.0. The van der Waals surface area contributed by atoms with Gasteiger partial charge in [-0.1, -0.05) is 11.8 Å². The second kappa shape index (κ2) is 7.77. The second-order valence-electron chi connectivity index (χ2n) is 4.45. The maximum Gasteiger partial charge on any atom is 0.342 e. The third-order valence-corrected chi connectivity index (χ3v) is 3.48. The van der Waals surface area contributed by atoms with Crippen LogP contribution in [0.2, 0.25) is 0 Å². The van der Waals surface area contributed by atoms with Gasteiger partial charge in [0.05, 0.1) is 11.8 Å². The fourth-order valence-electron chi connectivity index (χ4n) is 1.63. The van der Waals surface area contributed by atoms with Crippen molar-refractivity contribution in [3.8, 4) is 0 Å². The lowest BCUT2D eigenvalue weighted by Crippen LogP contribution is -2.29. The van der Waals surface area contributed by atoms with E-state index in [9.17, 15) is 18.4 Å². The van der Waals surface area contributed by atoms with Crippen molar-refractivity contribution in [1.82, 2.24) is 0 Å². The first-order valence-corrected chi connectivity index (χ1v) is 7.42. The molecule has 0 aliphatic carbocycles. The van der Waals surface area contributed by atoms with Crippen LogP contribution in [-0.2, 0) is 9.53 Å². The van der Waals surface area contributed by atoms with Gasteiger partial charge in [-0.2, -0.15) is 8.78 Å². The predicted molar refractivity (Wildman–Crippen MR) is 80.5 cm³/mol. The van der Waals surface area contributed by atoms with Crippen LogP contribution in [-0.4, -0.2) is 23.7 Å². The van der Waals surface area contributed by atoms with Crippen LogP contribution in [0.3, 0.4) is 0 Å². The number of anilines is 1. The fourth-order valence-corrected chi connectivity index (χ4v) is 2.13. The Balaban J connectivity index is 1.89. The van der Waals surface area contributed by atoms with Crippen LogP contribution in [0.4, 0.5) is 14.5 Å². The highest BCUT2D eigenvalue weighted by Crippen LogP contribution is 2.26. The smallest absolute Gasteiger partial charge is 0.342 e. The lowest BCUT2D eigenvalue weighted by Gasteiger charge is -2.13. The molecule has 0 spiro atoms. The summed E-state index contributed by atoms with van der Waals surface area (Å²) < 4.78 is 34.2. The number of benzene rings is 1. The van der Waals surface area contributed by atoms with E-state index in [1.54, 1.807) is 0 Å². The van der Waals surface area contributed by atoms with Crippen molar-refractivity contribution in [1.29, 1.82) is 0 Å². The van der Waals surface area contributed by atoms with E-state index in [-0.39, 0.29) is 5.56 Å². The first kappa shape index (κ1) is 17.0. The Morgan fingerprint density at radius 3 is 2.48 bits per heavy atom. The van der Waals surface area contributed by atoms with Gasteiger partial charge in [-0.15, -0.1) is 0 Å². The van der Waals surface area contributed by atoms with Crippen LogP contribution >= 0.6 is 11.8 Å². The Labute approximate surface area is 135 Å². The van der Waals surface area contributed by atoms with Crippen molar-refractivity contribution < 1.29 is 27.5 Å². The normalized spacial score (nSPS) is 12.0. The first-order chi connectivity index (χ1) is 11.0. The number of alkyl halides is 2. The summed E-state index contributed by atoms with van der Waals surface area (Å²) in [7, 11) is 0. The number of furan rings is 1. The average Bonchev–Trinajstić information content (AvgIpc) is 3.03. The molecule has 1 aromatic carbocycles. The number of esters is 1. The number of hydrogen-bond acceptors (Lipinski definition) is 5. The van der Waals surface area contributed by atoms with Crippen LogP contribution in [0.5, 0.6) is 0 Å². The molecule has 0 radical (unpaired) electrons. The zero-order valence-corrected chi connectivity index (χ0v) is 12.8. The van der Waals surface area contributed by atoms with Gasteiger partial charge < -0.3 is 14.5 Å². The molecular formula is C15H13F2NO4S. The van der Waals surface area contributed by atoms with Gasteiger partial charge in [-0.25, -0.2) is 4.79 Å². The Kier molecular flexibility index (Phi) is 5.75. The molecule has 0 aliphatic rings. The van der Waals surface area contributed by atoms with Gasteiger partial charge in [0.2, 0.25) is 0 Å². The molecule has 23 heavy (non-hydrogen) atoms. The highest BCUT2D eigenvalue weighted by molar-refractivity contribution is 7.99. The van der Waals surface area contributed by atoms with Crippen LogP contribution < -0.4 is 5.32 Å². The van der Waals surface area contributed by atoms with Gasteiger partial charge in [0, 0.05) is 10.6 Å². The number of nitrogens with one attached hydrogen (secondary N) is 1. The van der Waals surface area contributed by atoms with Crippen molar-refractivity contribution in [2.75, 3.05) is 5.32 Å². The van der Waals surface area contributed by atoms with E-state index in [1.165, 1.54) is 49.8 Å². The second-order valence-corrected chi connectivity index (χ2v) is 5.52. The molecule has 0 bridgehead atoms. The number of carbonyl (C=O) groups is 2. The molecule has 8 heteroatoms. The molecule has 1 amide bonds. The molecule has 0 aliphatic heterocycles. The summed E-state index contributed by atoms with van der Waals surface area (Å²) in [6.45, 7) is 1.42. The van der Waals surface area contributed by atoms with E-state index >= 15 is 0 Å². The Morgan fingerprint density at radius 2 is 1.91 bits per heavy atom. The Bertz CT molecular complexity index is 659. The lowest BCUT2D eigenvalue weighted by molar-refractivity contribution is -0.123. The molecule has 122 valence electrons. The summed E-state index contributed by atoms with van der Waals surface area (Å²) >= 11 is 0.415. The molecule has 0 unspecified atom stereocenters. The van der Waals surface area contributed by atoms with Gasteiger partial charge in [-0.3, -0.25) is 4.79 Å². The zero-order valence-electron chi connectivity index (χ0n) is 12.0. The standard InChI is InChI=1S/C15H13F2NO4S/c1-9(22-14(20)10-6-7-21-8-10)13(19)18-11-2-4-12(5-3-11)23-15(16)17/h2-9,15H,1H3,(H,18,19)/t9-/m1/s1. The summed E-state index contributed by atoms with van der Waals surface area (Å²) in [6, 6.07) is 7.34. The largest absolute Gasteiger partial charge is 0.472 e. The SMILES string of the molecule is C[C@@H](OC(=O)c1ccoc1)C(=O)Nc1ccc(SC(F)F)cc1. The molecule has 0 saturated carbocycles. The summed E-state index contributed by atoms with van der Waals surface area (Å²) in [6.07, 6.45) is 1.51. The van der Waals surface area contributed by atoms with Crippen molar-refractivity contribution in [2.24, 2.45) is 0 Å². The minimum Gasteiger partial charge on any atom is -0.472 e. The van der Waals surface area contributed by atoms with Crippen LogP contribution in [0.15, 0.2) is 52.2 Å². The summed E-state index contributed by atoms with van der Waals surface area (Å²) in [5.74, 6) is -3.71. The van der Waals surface area contributed by atoms with Crippen molar-refractivity contribution in [2.45, 2.75) is 23.7 Å². The maximum absolute atomic E-state index is 12.2. The van der Waals surface area contributed by atoms with Gasteiger partial charge in [0.1, 0.15) is 6.26 Å². The van der Waals surface area contributed by atoms with Gasteiger partial charge in [-0.05, 0) is 37.3 Å². The van der Waals surface area contributed by atoms with Crippen molar-refractivity contribution >= 4 is 29.3 Å². The van der Waals surface area contributed by atoms with E-state index < -0.39 is 23.7 Å². The van der Waals surface area contributed by atoms with E-state index in [0.717, 1.165) is 0 Å². The number of ether oxygens (including phenoxy) is 1. The van der Waals surface area contributed by atoms with Crippen molar-refractivity contribution in [3.05, 3.63) is 48.4 Å². The quantitative estimate of drug-likeness (QED) is 0.640. The molecular weight excluding hydrogens is 328 g/mol. The Hall–Kier alpha value is -2.35. The van der Waals surface area contributed by atoms with Gasteiger partial charge in [0.15, 0.2) is 6.10 Å². The highest BCUT2D eigenvalue weighted by Gasteiger charge is 2.19. The lowest BCUT2D eigenvalue weighted by atomic mass is 10.3. The van der Waals surface area contributed by atoms with E-state index in [0.29, 0.717) is 22.3 Å². The number of carbonyl (C=O) groups excluding carboxylic acids is 2. The third-order valence-electron chi connectivity index (χ3n) is 2.76. The first-order valence-electron chi connectivity index (χ1n) is 6.54. The summed E-state index contributed by atoms with van der Waals surface area (Å²) in [5, 5.41) is 2.54. The zero-order chi connectivity index (χ0) is 16.8. The number of hydrogen-bond donors (Lipinski definition) is 1. The molecule has 2 aromatic rings. The molecule has 5 nitrogen and oxygen atoms in total. The molecule has 0 saturated heterocycles. The number of thioether (sulfide) groups is 1. The number of amides is 1. The number of halogens is 2. The van der Waals surface area contributed by atoms with Crippen LogP contribution in [0.25, 0.3) is 0 Å². The average molecular weight is 341 g/mol. The van der Waals surface area contributed by atoms with E-state index in [1.807, 2.05) is 0 Å². The summed E-state index contributed by atoms with van der Waals surface area (Å²) in [5.41, 5.74) is 0.623. The molecule has 1 aromatic heterocycles. The molecule has 1 N–H and O–H groups in total. The minimum absolute atomic E-state index is 0.207. The van der Waals surface area contributed by atoms with Crippen LogP contribution in [0.1, 0.15) is 17.3 Å². The van der Waals surface area contributed by atoms with E-state index in [4.69, 9.17) is 9.15 Å². The topological polar surface area (TPSA) is 68.5 Å². The predicted octanol–water partition coefficient (Wildman–Crippen LogP) is 3.78. The van der Waals surface area contributed by atoms with Gasteiger partial charge in [0.25, 0.3) is 11.7 Å². The Morgan fingerprint density at radius 1 is 1.22 bits per heavy atom. The van der Waals surface area contributed by atoms with Crippen molar-refractivity contribution in [3.63, 3.8) is 0 Å². The molecule has 1 heterocycles. The maximum atomic E-state index is 12.2. The van der Waals surface area contributed by atoms with Crippen LogP contribution in [0, 0.1) is 0 Å². The molecule has 2 rings (SSSR count). The van der Waals surface area contributed by atoms with E-state index in [2.05, 4.69) is 5.32 Å². The number of rotatable bonds is 6. The monoisotopic (exact) mass is 341 g/mol. The fraction of sp³-hybridized carbons (Fsp3) is 0.200. The highest BCUT2D eigenvalue weighted by atomic mass is 32.2. The van der Waals surface area contributed by atoms with Gasteiger partial charge >= 0.3 is 5.97 Å². The molecule has 1 atom stereocenters.